The third-order valence-corrected chi connectivity index (χ3v) is 5.87. The van der Waals surface area contributed by atoms with E-state index in [1.54, 1.807) is 6.07 Å². The van der Waals surface area contributed by atoms with Gasteiger partial charge in [-0.25, -0.2) is 0 Å². The third-order valence-electron chi connectivity index (χ3n) is 5.87. The van der Waals surface area contributed by atoms with E-state index >= 15 is 0 Å². The van der Waals surface area contributed by atoms with Gasteiger partial charge in [0, 0.05) is 6.04 Å². The first-order chi connectivity index (χ1) is 15.5. The van der Waals surface area contributed by atoms with Gasteiger partial charge in [-0.05, 0) is 50.3 Å². The molecule has 0 spiro atoms. The minimum atomic E-state index is -0.229. The van der Waals surface area contributed by atoms with Crippen molar-refractivity contribution in [3.8, 4) is 22.9 Å². The maximum Gasteiger partial charge on any atom is 0.205 e. The Labute approximate surface area is 195 Å². The number of anilines is 2. The fourth-order valence-corrected chi connectivity index (χ4v) is 3.82. The number of nitrogens with one attached hydrogen (secondary N) is 2. The minimum absolute atomic E-state index is 0.0179. The Hall–Kier alpha value is -3.07. The van der Waals surface area contributed by atoms with E-state index in [0.717, 1.165) is 17.0 Å². The van der Waals surface area contributed by atoms with E-state index < -0.39 is 0 Å². The molecule has 9 nitrogen and oxygen atoms in total. The number of aromatic nitrogens is 4. The lowest BCUT2D eigenvalue weighted by molar-refractivity contribution is 0.248. The predicted octanol–water partition coefficient (Wildman–Crippen LogP) is 4.50. The van der Waals surface area contributed by atoms with E-state index in [2.05, 4.69) is 66.9 Å². The first kappa shape index (κ1) is 24.6. The number of aromatic hydroxyl groups is 2. The molecule has 0 saturated carbocycles. The third kappa shape index (κ3) is 4.98. The molecule has 180 valence electrons. The Morgan fingerprint density at radius 3 is 2.18 bits per heavy atom. The maximum atomic E-state index is 9.93. The molecule has 2 unspecified atom stereocenters. The number of hydrogen-bond donors (Lipinski definition) is 5. The van der Waals surface area contributed by atoms with Crippen LogP contribution >= 0.6 is 0 Å². The Bertz CT molecular complexity index is 1060. The maximum absolute atomic E-state index is 9.93. The normalized spacial score (nSPS) is 13.8. The summed E-state index contributed by atoms with van der Waals surface area (Å²) in [5, 5.41) is 45.3. The van der Waals surface area contributed by atoms with Crippen LogP contribution in [0.1, 0.15) is 77.7 Å². The molecule has 2 aliphatic rings. The molecule has 3 rings (SSSR count). The van der Waals surface area contributed by atoms with E-state index in [1.165, 1.54) is 12.1 Å². The summed E-state index contributed by atoms with van der Waals surface area (Å²) in [5.74, 6) is 1.21. The summed E-state index contributed by atoms with van der Waals surface area (Å²) in [6.45, 7) is 14.4. The van der Waals surface area contributed by atoms with E-state index in [-0.39, 0.29) is 48.1 Å². The number of phenols is 2. The van der Waals surface area contributed by atoms with Crippen molar-refractivity contribution in [1.82, 2.24) is 19.7 Å². The van der Waals surface area contributed by atoms with Gasteiger partial charge < -0.3 is 30.5 Å². The van der Waals surface area contributed by atoms with Crippen molar-refractivity contribution < 1.29 is 15.3 Å². The fourth-order valence-electron chi connectivity index (χ4n) is 3.82. The molecule has 2 heterocycles. The fraction of sp³-hybridized carbons (Fsp3) is 0.542. The Kier molecular flexibility index (Phi) is 7.31. The molecule has 2 atom stereocenters. The highest BCUT2D eigenvalue weighted by Crippen LogP contribution is 2.39. The zero-order chi connectivity index (χ0) is 24.4. The molecule has 33 heavy (non-hydrogen) atoms. The van der Waals surface area contributed by atoms with Crippen molar-refractivity contribution in [1.29, 1.82) is 0 Å². The van der Waals surface area contributed by atoms with Gasteiger partial charge in [-0.15, -0.1) is 5.10 Å². The van der Waals surface area contributed by atoms with E-state index in [0.29, 0.717) is 17.5 Å². The van der Waals surface area contributed by atoms with Crippen molar-refractivity contribution in [3.05, 3.63) is 29.5 Å². The molecule has 2 aliphatic heterocycles. The molecule has 9 heteroatoms. The summed E-state index contributed by atoms with van der Waals surface area (Å²) in [6.07, 6.45) is 0. The van der Waals surface area contributed by atoms with E-state index in [9.17, 15) is 15.3 Å². The Morgan fingerprint density at radius 1 is 0.939 bits per heavy atom. The largest absolute Gasteiger partial charge is 0.504 e. The highest BCUT2D eigenvalue weighted by atomic mass is 16.3. The molecule has 0 bridgehead atoms. The van der Waals surface area contributed by atoms with Gasteiger partial charge in [0.15, 0.2) is 23.0 Å². The average Bonchev–Trinajstić information content (AvgIpc) is 3.18. The lowest BCUT2D eigenvalue weighted by atomic mass is 10.0. The summed E-state index contributed by atoms with van der Waals surface area (Å²) in [6, 6.07) is 4.42. The zero-order valence-electron chi connectivity index (χ0n) is 20.5. The van der Waals surface area contributed by atoms with E-state index in [1.807, 2.05) is 6.92 Å². The van der Waals surface area contributed by atoms with Gasteiger partial charge in [-0.2, -0.15) is 10.1 Å². The molecule has 0 aliphatic carbocycles. The topological polar surface area (TPSA) is 128 Å². The van der Waals surface area contributed by atoms with Crippen molar-refractivity contribution in [2.24, 2.45) is 5.92 Å². The van der Waals surface area contributed by atoms with Gasteiger partial charge in [0.1, 0.15) is 0 Å². The van der Waals surface area contributed by atoms with Crippen LogP contribution < -0.4 is 10.6 Å². The molecule has 0 amide bonds. The molecule has 0 fully saturated rings. The smallest absolute Gasteiger partial charge is 0.205 e. The molecule has 5 N–H and O–H groups in total. The van der Waals surface area contributed by atoms with Gasteiger partial charge >= 0.3 is 0 Å². The van der Waals surface area contributed by atoms with Crippen molar-refractivity contribution in [3.63, 3.8) is 0 Å². The van der Waals surface area contributed by atoms with Crippen molar-refractivity contribution >= 4 is 11.8 Å². The molecular formula is C24H36N6O3. The Morgan fingerprint density at radius 2 is 1.64 bits per heavy atom. The molecule has 0 saturated heterocycles. The first-order valence-corrected chi connectivity index (χ1v) is 11.5. The zero-order valence-corrected chi connectivity index (χ0v) is 20.5. The van der Waals surface area contributed by atoms with Crippen LogP contribution in [-0.4, -0.2) is 47.7 Å². The number of benzene rings is 1. The predicted molar refractivity (Wildman–Crippen MR) is 130 cm³/mol. The molecular weight excluding hydrogens is 420 g/mol. The van der Waals surface area contributed by atoms with Crippen LogP contribution in [0.2, 0.25) is 0 Å². The lowest BCUT2D eigenvalue weighted by Gasteiger charge is -2.28. The standard InChI is InChI=1S/C24H36N6O3/c1-12(2)17(11-31)26-24-27-23(25-15(7)16-8-9-18(32)19(33)10-16)21-22(30(24)14(5)6)20(13(3)4)28-29-21/h8-10,12-15,17,25,31-33H,11H2,1-7H3,(H,26,27). The number of rotatable bonds is 9. The number of fused-ring (bicyclic) bond motifs is 1. The second kappa shape index (κ2) is 9.82. The summed E-state index contributed by atoms with van der Waals surface area (Å²) in [5.41, 5.74) is 3.24. The van der Waals surface area contributed by atoms with Crippen molar-refractivity contribution in [2.75, 3.05) is 17.2 Å². The van der Waals surface area contributed by atoms with Gasteiger partial charge in [0.2, 0.25) is 5.95 Å². The van der Waals surface area contributed by atoms with Crippen LogP contribution in [0, 0.1) is 5.92 Å². The van der Waals surface area contributed by atoms with Gasteiger partial charge in [0.05, 0.1) is 30.1 Å². The van der Waals surface area contributed by atoms with Gasteiger partial charge in [-0.1, -0.05) is 33.8 Å². The van der Waals surface area contributed by atoms with Gasteiger partial charge in [-0.3, -0.25) is 0 Å². The van der Waals surface area contributed by atoms with Crippen LogP contribution in [0.5, 0.6) is 11.5 Å². The molecule has 0 radical (unpaired) electrons. The van der Waals surface area contributed by atoms with E-state index in [4.69, 9.17) is 4.98 Å². The highest BCUT2D eigenvalue weighted by molar-refractivity contribution is 5.75. The van der Waals surface area contributed by atoms with Crippen LogP contribution in [0.3, 0.4) is 0 Å². The number of aliphatic hydroxyl groups excluding tert-OH is 1. The van der Waals surface area contributed by atoms with Crippen LogP contribution in [0.25, 0.3) is 11.4 Å². The summed E-state index contributed by atoms with van der Waals surface area (Å²) >= 11 is 0. The second-order valence-corrected chi connectivity index (χ2v) is 9.48. The molecule has 1 aromatic rings. The quantitative estimate of drug-likeness (QED) is 0.298. The number of hydrogen-bond acceptors (Lipinski definition) is 8. The highest BCUT2D eigenvalue weighted by Gasteiger charge is 2.29. The number of aliphatic hydroxyl groups is 1. The van der Waals surface area contributed by atoms with Crippen LogP contribution in [0.15, 0.2) is 18.2 Å². The minimum Gasteiger partial charge on any atom is -0.504 e. The monoisotopic (exact) mass is 456 g/mol. The average molecular weight is 457 g/mol. The van der Waals surface area contributed by atoms with Crippen LogP contribution in [-0.2, 0) is 0 Å². The van der Waals surface area contributed by atoms with Crippen molar-refractivity contribution in [2.45, 2.75) is 72.5 Å². The van der Waals surface area contributed by atoms with Gasteiger partial charge in [0.25, 0.3) is 0 Å². The number of nitrogens with zero attached hydrogens (tertiary/aromatic N) is 4. The van der Waals surface area contributed by atoms with Crippen LogP contribution in [0.4, 0.5) is 11.8 Å². The lowest BCUT2D eigenvalue weighted by Crippen LogP contribution is -2.32. The summed E-state index contributed by atoms with van der Waals surface area (Å²) in [7, 11) is 0. The number of phenolic OH excluding ortho intramolecular Hbond substituents is 2. The first-order valence-electron chi connectivity index (χ1n) is 11.5. The second-order valence-electron chi connectivity index (χ2n) is 9.48. The summed E-state index contributed by atoms with van der Waals surface area (Å²) < 4.78 is 2.10. The molecule has 1 aromatic carbocycles. The Balaban J connectivity index is 2.14. The summed E-state index contributed by atoms with van der Waals surface area (Å²) in [4.78, 5) is 4.89. The molecule has 0 aromatic heterocycles. The SMILES string of the molecule is CC(C)c1nnc2c(NC(C)c3ccc(O)c(O)c3)nc(NC(CO)C(C)C)n(C(C)C)c1-2.